The average Bonchev–Trinajstić information content (AvgIpc) is 2.56. The lowest BCUT2D eigenvalue weighted by molar-refractivity contribution is -0.145. The van der Waals surface area contributed by atoms with E-state index in [1.54, 1.807) is 25.2 Å². The van der Waals surface area contributed by atoms with E-state index in [4.69, 9.17) is 16.7 Å². The molecule has 1 unspecified atom stereocenters. The van der Waals surface area contributed by atoms with Crippen LogP contribution in [0.1, 0.15) is 28.8 Å². The molecule has 1 aliphatic heterocycles. The Bertz CT molecular complexity index is 662. The highest BCUT2D eigenvalue weighted by Crippen LogP contribution is 2.18. The molecule has 1 aromatic rings. The highest BCUT2D eigenvalue weighted by atomic mass is 35.5. The number of halogens is 1. The van der Waals surface area contributed by atoms with Gasteiger partial charge in [-0.1, -0.05) is 11.6 Å². The van der Waals surface area contributed by atoms with Crippen LogP contribution in [0.15, 0.2) is 18.2 Å². The molecule has 1 atom stereocenters. The summed E-state index contributed by atoms with van der Waals surface area (Å²) in [5.74, 6) is -1.91. The number of carboxylic acid groups (broad SMARTS) is 1. The van der Waals surface area contributed by atoms with E-state index < -0.39 is 11.9 Å². The van der Waals surface area contributed by atoms with Gasteiger partial charge < -0.3 is 14.9 Å². The van der Waals surface area contributed by atoms with Crippen LogP contribution in [0, 0.1) is 12.8 Å². The third-order valence-corrected chi connectivity index (χ3v) is 4.67. The van der Waals surface area contributed by atoms with E-state index in [0.29, 0.717) is 30.0 Å². The van der Waals surface area contributed by atoms with Gasteiger partial charge in [-0.2, -0.15) is 0 Å². The van der Waals surface area contributed by atoms with Gasteiger partial charge in [-0.25, -0.2) is 0 Å². The van der Waals surface area contributed by atoms with Gasteiger partial charge in [-0.15, -0.1) is 0 Å². The molecule has 2 rings (SSSR count). The molecule has 1 N–H and O–H groups in total. The summed E-state index contributed by atoms with van der Waals surface area (Å²) in [6, 6.07) is 4.97. The van der Waals surface area contributed by atoms with E-state index in [2.05, 4.69) is 0 Å². The minimum atomic E-state index is -0.881. The Kier molecular flexibility index (Phi) is 5.83. The quantitative estimate of drug-likeness (QED) is 0.899. The highest BCUT2D eigenvalue weighted by Gasteiger charge is 2.29. The molecule has 0 saturated carbocycles. The average molecular weight is 353 g/mol. The highest BCUT2D eigenvalue weighted by molar-refractivity contribution is 6.31. The summed E-state index contributed by atoms with van der Waals surface area (Å²) in [5, 5.41) is 9.67. The van der Waals surface area contributed by atoms with Gasteiger partial charge in [0.1, 0.15) is 0 Å². The van der Waals surface area contributed by atoms with Crippen LogP contribution in [-0.2, 0) is 9.59 Å². The number of nitrogens with zero attached hydrogens (tertiary/aromatic N) is 2. The monoisotopic (exact) mass is 352 g/mol. The molecule has 1 fully saturated rings. The van der Waals surface area contributed by atoms with Gasteiger partial charge in [0.15, 0.2) is 0 Å². The van der Waals surface area contributed by atoms with Crippen molar-refractivity contribution in [3.63, 3.8) is 0 Å². The Morgan fingerprint density at radius 3 is 2.71 bits per heavy atom. The number of piperidine rings is 1. The second-order valence-corrected chi connectivity index (χ2v) is 6.55. The summed E-state index contributed by atoms with van der Waals surface area (Å²) in [7, 11) is 1.56. The second kappa shape index (κ2) is 7.66. The number of benzene rings is 1. The van der Waals surface area contributed by atoms with Crippen molar-refractivity contribution in [1.29, 1.82) is 0 Å². The van der Waals surface area contributed by atoms with E-state index >= 15 is 0 Å². The molecule has 0 spiro atoms. The van der Waals surface area contributed by atoms with Crippen LogP contribution in [-0.4, -0.2) is 59.4 Å². The number of hydrogen-bond donors (Lipinski definition) is 1. The second-order valence-electron chi connectivity index (χ2n) is 6.14. The van der Waals surface area contributed by atoms with Crippen LogP contribution in [0.25, 0.3) is 0 Å². The maximum atomic E-state index is 12.4. The van der Waals surface area contributed by atoms with Gasteiger partial charge >= 0.3 is 5.97 Å². The number of aryl methyl sites for hydroxylation is 1. The molecule has 1 saturated heterocycles. The van der Waals surface area contributed by atoms with Gasteiger partial charge in [-0.3, -0.25) is 14.4 Å². The van der Waals surface area contributed by atoms with Crippen molar-refractivity contribution in [2.45, 2.75) is 19.8 Å². The fraction of sp³-hybridized carbons (Fsp3) is 0.471. The van der Waals surface area contributed by atoms with Crippen molar-refractivity contribution in [3.8, 4) is 0 Å². The normalized spacial score (nSPS) is 17.5. The van der Waals surface area contributed by atoms with Gasteiger partial charge in [0, 0.05) is 30.7 Å². The third kappa shape index (κ3) is 4.26. The first-order valence-corrected chi connectivity index (χ1v) is 8.19. The first-order chi connectivity index (χ1) is 11.3. The molecule has 1 aromatic carbocycles. The van der Waals surface area contributed by atoms with Gasteiger partial charge in [-0.05, 0) is 43.5 Å². The van der Waals surface area contributed by atoms with Crippen LogP contribution in [0.4, 0.5) is 0 Å². The first kappa shape index (κ1) is 18.3. The van der Waals surface area contributed by atoms with Crippen molar-refractivity contribution in [3.05, 3.63) is 34.3 Å². The Balaban J connectivity index is 1.98. The Morgan fingerprint density at radius 1 is 1.38 bits per heavy atom. The number of rotatable bonds is 4. The molecule has 6 nitrogen and oxygen atoms in total. The lowest BCUT2D eigenvalue weighted by Crippen LogP contribution is -2.46. The molecule has 0 bridgehead atoms. The number of hydrogen-bond acceptors (Lipinski definition) is 3. The summed E-state index contributed by atoms with van der Waals surface area (Å²) in [6.07, 6.45) is 1.24. The lowest BCUT2D eigenvalue weighted by Gasteiger charge is -2.32. The molecule has 0 radical (unpaired) electrons. The summed E-state index contributed by atoms with van der Waals surface area (Å²) >= 11 is 5.96. The van der Waals surface area contributed by atoms with Crippen molar-refractivity contribution in [2.24, 2.45) is 5.92 Å². The number of carboxylic acids is 1. The fourth-order valence-corrected chi connectivity index (χ4v) is 2.90. The van der Waals surface area contributed by atoms with E-state index in [-0.39, 0.29) is 24.9 Å². The topological polar surface area (TPSA) is 77.9 Å². The standard InChI is InChI=1S/C17H21ClN2O4/c1-11-8-12(5-6-14(11)18)16(22)19(2)10-15(21)20-7-3-4-13(9-20)17(23)24/h5-6,8,13H,3-4,7,9-10H2,1-2H3,(H,23,24). The van der Waals surface area contributed by atoms with Crippen molar-refractivity contribution < 1.29 is 19.5 Å². The maximum Gasteiger partial charge on any atom is 0.308 e. The molecule has 24 heavy (non-hydrogen) atoms. The SMILES string of the molecule is Cc1cc(C(=O)N(C)CC(=O)N2CCCC(C(=O)O)C2)ccc1Cl. The Labute approximate surface area is 146 Å². The number of likely N-dealkylation sites (tertiary alicyclic amines) is 1. The summed E-state index contributed by atoms with van der Waals surface area (Å²) < 4.78 is 0. The summed E-state index contributed by atoms with van der Waals surface area (Å²) in [6.45, 7) is 2.47. The molecule has 130 valence electrons. The zero-order chi connectivity index (χ0) is 17.9. The third-order valence-electron chi connectivity index (χ3n) is 4.25. The maximum absolute atomic E-state index is 12.4. The smallest absolute Gasteiger partial charge is 0.308 e. The Morgan fingerprint density at radius 2 is 2.08 bits per heavy atom. The lowest BCUT2D eigenvalue weighted by atomic mass is 9.98. The molecule has 0 aliphatic carbocycles. The predicted octanol–water partition coefficient (Wildman–Crippen LogP) is 2.04. The van der Waals surface area contributed by atoms with Crippen LogP contribution in [0.2, 0.25) is 5.02 Å². The summed E-state index contributed by atoms with van der Waals surface area (Å²) in [4.78, 5) is 38.7. The minimum Gasteiger partial charge on any atom is -0.481 e. The van der Waals surface area contributed by atoms with Crippen molar-refractivity contribution in [2.75, 3.05) is 26.7 Å². The molecule has 0 aromatic heterocycles. The fourth-order valence-electron chi connectivity index (χ4n) is 2.78. The first-order valence-electron chi connectivity index (χ1n) is 7.81. The predicted molar refractivity (Wildman–Crippen MR) is 90.1 cm³/mol. The van der Waals surface area contributed by atoms with E-state index in [1.165, 1.54) is 9.80 Å². The summed E-state index contributed by atoms with van der Waals surface area (Å²) in [5.41, 5.74) is 1.26. The van der Waals surface area contributed by atoms with Crippen molar-refractivity contribution >= 4 is 29.4 Å². The molecular formula is C17H21ClN2O4. The zero-order valence-electron chi connectivity index (χ0n) is 13.8. The number of amides is 2. The van der Waals surface area contributed by atoms with E-state index in [1.807, 2.05) is 6.92 Å². The van der Waals surface area contributed by atoms with Crippen LogP contribution >= 0.6 is 11.6 Å². The van der Waals surface area contributed by atoms with Crippen LogP contribution in [0.3, 0.4) is 0 Å². The van der Waals surface area contributed by atoms with Gasteiger partial charge in [0.2, 0.25) is 5.91 Å². The van der Waals surface area contributed by atoms with Crippen LogP contribution < -0.4 is 0 Å². The number of aliphatic carboxylic acids is 1. The van der Waals surface area contributed by atoms with E-state index in [9.17, 15) is 14.4 Å². The largest absolute Gasteiger partial charge is 0.481 e. The molecule has 2 amide bonds. The van der Waals surface area contributed by atoms with Crippen molar-refractivity contribution in [1.82, 2.24) is 9.80 Å². The van der Waals surface area contributed by atoms with Crippen LogP contribution in [0.5, 0.6) is 0 Å². The number of likely N-dealkylation sites (N-methyl/N-ethyl adjacent to an activating group) is 1. The van der Waals surface area contributed by atoms with E-state index in [0.717, 1.165) is 5.56 Å². The molecular weight excluding hydrogens is 332 g/mol. The van der Waals surface area contributed by atoms with Gasteiger partial charge in [0.25, 0.3) is 5.91 Å². The number of carbonyl (C=O) groups is 3. The molecule has 1 aliphatic rings. The molecule has 7 heteroatoms. The zero-order valence-corrected chi connectivity index (χ0v) is 14.5. The Hall–Kier alpha value is -2.08. The van der Waals surface area contributed by atoms with Gasteiger partial charge in [0.05, 0.1) is 12.5 Å². The minimum absolute atomic E-state index is 0.0765. The number of carbonyl (C=O) groups excluding carboxylic acids is 2. The molecule has 1 heterocycles.